The first-order valence-corrected chi connectivity index (χ1v) is 8.82. The highest BCUT2D eigenvalue weighted by molar-refractivity contribution is 8.13. The Morgan fingerprint density at radius 2 is 2.00 bits per heavy atom. The van der Waals surface area contributed by atoms with Gasteiger partial charge in [-0.05, 0) is 25.2 Å². The van der Waals surface area contributed by atoms with Crippen LogP contribution in [-0.2, 0) is 0 Å². The van der Waals surface area contributed by atoms with Crippen molar-refractivity contribution in [3.63, 3.8) is 0 Å². The Labute approximate surface area is 116 Å². The fourth-order valence-corrected chi connectivity index (χ4v) is 4.16. The number of amidine groups is 1. The third-order valence-corrected chi connectivity index (χ3v) is 5.28. The summed E-state index contributed by atoms with van der Waals surface area (Å²) in [6.45, 7) is 3.30. The Bertz CT molecular complexity index is 265. The second-order valence-corrected chi connectivity index (χ2v) is 6.72. The van der Waals surface area contributed by atoms with E-state index < -0.39 is 0 Å². The van der Waals surface area contributed by atoms with Crippen molar-refractivity contribution >= 4 is 16.9 Å². The molecule has 2 nitrogen and oxygen atoms in total. The van der Waals surface area contributed by atoms with E-state index in [0.29, 0.717) is 0 Å². The van der Waals surface area contributed by atoms with Gasteiger partial charge in [0.15, 0.2) is 5.17 Å². The van der Waals surface area contributed by atoms with E-state index in [9.17, 15) is 0 Å². The first kappa shape index (κ1) is 14.2. The predicted molar refractivity (Wildman–Crippen MR) is 82.4 cm³/mol. The van der Waals surface area contributed by atoms with Crippen LogP contribution in [0, 0.1) is 5.92 Å². The quantitative estimate of drug-likeness (QED) is 0.700. The maximum Gasteiger partial charge on any atom is 0.156 e. The fourth-order valence-electron chi connectivity index (χ4n) is 2.98. The Balaban J connectivity index is 1.56. The van der Waals surface area contributed by atoms with Crippen molar-refractivity contribution in [2.45, 2.75) is 70.8 Å². The van der Waals surface area contributed by atoms with Crippen LogP contribution in [0.1, 0.15) is 64.7 Å². The average molecular weight is 268 g/mol. The number of rotatable bonds is 7. The van der Waals surface area contributed by atoms with E-state index in [0.717, 1.165) is 18.5 Å². The molecule has 0 amide bonds. The van der Waals surface area contributed by atoms with Crippen LogP contribution in [0.4, 0.5) is 0 Å². The van der Waals surface area contributed by atoms with E-state index >= 15 is 0 Å². The summed E-state index contributed by atoms with van der Waals surface area (Å²) in [7, 11) is 0. The topological polar surface area (TPSA) is 24.4 Å². The predicted octanol–water partition coefficient (Wildman–Crippen LogP) is 4.21. The Hall–Kier alpha value is -0.180. The normalized spacial score (nSPS) is 29.3. The highest BCUT2D eigenvalue weighted by Crippen LogP contribution is 2.32. The standard InChI is InChI=1S/C15H28N2S/c1-2-3-4-5-6-7-11-16-15-17-14-10-8-9-13(14)12-18-15/h13-14H,2-12H2,1H3,(H,16,17). The monoisotopic (exact) mass is 268 g/mol. The molecular formula is C15H28N2S. The van der Waals surface area contributed by atoms with Gasteiger partial charge in [0.1, 0.15) is 0 Å². The molecule has 1 saturated heterocycles. The van der Waals surface area contributed by atoms with E-state index in [4.69, 9.17) is 4.99 Å². The first-order chi connectivity index (χ1) is 8.90. The van der Waals surface area contributed by atoms with Gasteiger partial charge in [-0.25, -0.2) is 0 Å². The second kappa shape index (κ2) is 8.08. The van der Waals surface area contributed by atoms with Crippen LogP contribution in [0.5, 0.6) is 0 Å². The van der Waals surface area contributed by atoms with Gasteiger partial charge in [0.05, 0.1) is 0 Å². The molecule has 1 saturated carbocycles. The molecule has 1 aliphatic heterocycles. The highest BCUT2D eigenvalue weighted by Gasteiger charge is 2.31. The highest BCUT2D eigenvalue weighted by atomic mass is 32.2. The number of thioether (sulfide) groups is 1. The summed E-state index contributed by atoms with van der Waals surface area (Å²) in [6, 6.07) is 0.745. The molecule has 0 aromatic rings. The number of unbranched alkanes of at least 4 members (excludes halogenated alkanes) is 5. The third-order valence-electron chi connectivity index (χ3n) is 4.17. The first-order valence-electron chi connectivity index (χ1n) is 7.84. The Morgan fingerprint density at radius 3 is 2.89 bits per heavy atom. The van der Waals surface area contributed by atoms with Crippen LogP contribution in [-0.4, -0.2) is 23.5 Å². The number of fused-ring (bicyclic) bond motifs is 1. The molecule has 2 aliphatic rings. The van der Waals surface area contributed by atoms with E-state index in [2.05, 4.69) is 12.2 Å². The zero-order valence-corrected chi connectivity index (χ0v) is 12.6. The third kappa shape index (κ3) is 4.49. The van der Waals surface area contributed by atoms with Crippen LogP contribution < -0.4 is 5.32 Å². The smallest absolute Gasteiger partial charge is 0.156 e. The molecule has 0 aromatic carbocycles. The van der Waals surface area contributed by atoms with E-state index in [1.165, 1.54) is 68.7 Å². The lowest BCUT2D eigenvalue weighted by Crippen LogP contribution is -2.41. The SMILES string of the molecule is CCCCCCCCN=C1NC2CCCC2CS1. The van der Waals surface area contributed by atoms with Crippen molar-refractivity contribution in [3.05, 3.63) is 0 Å². The van der Waals surface area contributed by atoms with Gasteiger partial charge < -0.3 is 5.32 Å². The fraction of sp³-hybridized carbons (Fsp3) is 0.933. The van der Waals surface area contributed by atoms with Gasteiger partial charge >= 0.3 is 0 Å². The molecular weight excluding hydrogens is 240 g/mol. The lowest BCUT2D eigenvalue weighted by Gasteiger charge is -2.28. The molecule has 0 aromatic heterocycles. The number of aliphatic imine (C=N–C) groups is 1. The Kier molecular flexibility index (Phi) is 6.39. The summed E-state index contributed by atoms with van der Waals surface area (Å²) < 4.78 is 0. The summed E-state index contributed by atoms with van der Waals surface area (Å²) in [6.07, 6.45) is 12.4. The molecule has 2 atom stereocenters. The lowest BCUT2D eigenvalue weighted by molar-refractivity contribution is 0.489. The van der Waals surface area contributed by atoms with Crippen molar-refractivity contribution in [1.29, 1.82) is 0 Å². The number of hydrogen-bond acceptors (Lipinski definition) is 2. The van der Waals surface area contributed by atoms with E-state index in [-0.39, 0.29) is 0 Å². The molecule has 18 heavy (non-hydrogen) atoms. The van der Waals surface area contributed by atoms with Crippen LogP contribution in [0.3, 0.4) is 0 Å². The molecule has 2 rings (SSSR count). The van der Waals surface area contributed by atoms with E-state index in [1.807, 2.05) is 11.8 Å². The zero-order chi connectivity index (χ0) is 12.6. The van der Waals surface area contributed by atoms with Crippen molar-refractivity contribution in [2.24, 2.45) is 10.9 Å². The maximum absolute atomic E-state index is 4.73. The summed E-state index contributed by atoms with van der Waals surface area (Å²) in [5.41, 5.74) is 0. The number of nitrogens with one attached hydrogen (secondary N) is 1. The molecule has 0 bridgehead atoms. The molecule has 2 unspecified atom stereocenters. The van der Waals surface area contributed by atoms with Crippen LogP contribution in [0.25, 0.3) is 0 Å². The van der Waals surface area contributed by atoms with E-state index in [1.54, 1.807) is 0 Å². The molecule has 104 valence electrons. The van der Waals surface area contributed by atoms with Crippen LogP contribution in [0.2, 0.25) is 0 Å². The minimum Gasteiger partial charge on any atom is -0.362 e. The molecule has 1 aliphatic carbocycles. The van der Waals surface area contributed by atoms with Crippen molar-refractivity contribution in [1.82, 2.24) is 5.32 Å². The van der Waals surface area contributed by atoms with Crippen molar-refractivity contribution in [2.75, 3.05) is 12.3 Å². The maximum atomic E-state index is 4.73. The summed E-state index contributed by atoms with van der Waals surface area (Å²) in [5.74, 6) is 2.22. The number of nitrogens with zero attached hydrogens (tertiary/aromatic N) is 1. The van der Waals surface area contributed by atoms with Crippen molar-refractivity contribution < 1.29 is 0 Å². The summed E-state index contributed by atoms with van der Waals surface area (Å²) in [5, 5.41) is 4.87. The number of hydrogen-bond donors (Lipinski definition) is 1. The Morgan fingerprint density at radius 1 is 1.17 bits per heavy atom. The molecule has 0 radical (unpaired) electrons. The second-order valence-electron chi connectivity index (χ2n) is 5.71. The largest absolute Gasteiger partial charge is 0.362 e. The average Bonchev–Trinajstić information content (AvgIpc) is 2.85. The molecule has 1 N–H and O–H groups in total. The molecule has 2 fully saturated rings. The zero-order valence-electron chi connectivity index (χ0n) is 11.8. The summed E-state index contributed by atoms with van der Waals surface area (Å²) in [4.78, 5) is 4.73. The van der Waals surface area contributed by atoms with Gasteiger partial charge in [0, 0.05) is 18.3 Å². The molecule has 3 heteroatoms. The van der Waals surface area contributed by atoms with Gasteiger partial charge in [-0.15, -0.1) is 0 Å². The van der Waals surface area contributed by atoms with Gasteiger partial charge in [-0.1, -0.05) is 57.2 Å². The summed E-state index contributed by atoms with van der Waals surface area (Å²) >= 11 is 1.95. The minimum atomic E-state index is 0.745. The minimum absolute atomic E-state index is 0.745. The van der Waals surface area contributed by atoms with Crippen molar-refractivity contribution in [3.8, 4) is 0 Å². The van der Waals surface area contributed by atoms with Gasteiger partial charge in [0.25, 0.3) is 0 Å². The van der Waals surface area contributed by atoms with Gasteiger partial charge in [-0.3, -0.25) is 4.99 Å². The molecule has 1 heterocycles. The van der Waals surface area contributed by atoms with Crippen LogP contribution >= 0.6 is 11.8 Å². The van der Waals surface area contributed by atoms with Crippen LogP contribution in [0.15, 0.2) is 4.99 Å². The lowest BCUT2D eigenvalue weighted by atomic mass is 10.1. The van der Waals surface area contributed by atoms with Gasteiger partial charge in [0.2, 0.25) is 0 Å². The van der Waals surface area contributed by atoms with Gasteiger partial charge in [-0.2, -0.15) is 0 Å². The molecule has 0 spiro atoms.